The number of nitrogens with one attached hydrogen (secondary N) is 1. The number of hydrazone groups is 1. The van der Waals surface area contributed by atoms with Gasteiger partial charge < -0.3 is 13.9 Å². The second kappa shape index (κ2) is 8.00. The minimum atomic E-state index is -0.403. The summed E-state index contributed by atoms with van der Waals surface area (Å²) in [5.41, 5.74) is 2.34. The Labute approximate surface area is 143 Å². The number of carbonyl (C=O) groups excluding carboxylic acids is 1. The highest BCUT2D eigenvalue weighted by Crippen LogP contribution is 2.38. The van der Waals surface area contributed by atoms with Gasteiger partial charge in [0, 0.05) is 4.47 Å². The van der Waals surface area contributed by atoms with E-state index in [-0.39, 0.29) is 6.61 Å². The normalized spacial score (nSPS) is 10.7. The number of halogens is 2. The van der Waals surface area contributed by atoms with Crippen LogP contribution in [0, 0.1) is 0 Å². The molecule has 0 atom stereocenters. The van der Waals surface area contributed by atoms with Crippen LogP contribution in [0.25, 0.3) is 0 Å². The third-order valence-corrected chi connectivity index (χ3v) is 3.51. The van der Waals surface area contributed by atoms with E-state index in [1.807, 2.05) is 0 Å². The molecule has 1 amide bonds. The van der Waals surface area contributed by atoms with Gasteiger partial charge in [0.05, 0.1) is 24.1 Å². The van der Waals surface area contributed by atoms with E-state index in [4.69, 9.17) is 13.9 Å². The number of hydrogen-bond acceptors (Lipinski definition) is 5. The van der Waals surface area contributed by atoms with Crippen molar-refractivity contribution in [3.8, 4) is 11.5 Å². The standard InChI is InChI=1S/C14H12Br2N2O4/c1-20-12-6-9(15)5-11(16)14(12)22-8-13(19)18-17-7-10-3-2-4-21-10/h2-7H,8H2,1H3,(H,18,19)/b17-7-. The summed E-state index contributed by atoms with van der Waals surface area (Å²) in [7, 11) is 1.52. The zero-order chi connectivity index (χ0) is 15.9. The van der Waals surface area contributed by atoms with E-state index in [1.165, 1.54) is 19.6 Å². The monoisotopic (exact) mass is 430 g/mol. The van der Waals surface area contributed by atoms with E-state index in [2.05, 4.69) is 42.4 Å². The zero-order valence-corrected chi connectivity index (χ0v) is 14.7. The van der Waals surface area contributed by atoms with Gasteiger partial charge >= 0.3 is 0 Å². The Morgan fingerprint density at radius 2 is 2.27 bits per heavy atom. The molecule has 0 saturated carbocycles. The lowest BCUT2D eigenvalue weighted by Gasteiger charge is -2.12. The zero-order valence-electron chi connectivity index (χ0n) is 11.5. The predicted octanol–water partition coefficient (Wildman–Crippen LogP) is 3.34. The molecule has 0 radical (unpaired) electrons. The lowest BCUT2D eigenvalue weighted by Crippen LogP contribution is -2.24. The van der Waals surface area contributed by atoms with Crippen molar-refractivity contribution in [1.29, 1.82) is 0 Å². The van der Waals surface area contributed by atoms with Crippen molar-refractivity contribution in [1.82, 2.24) is 5.43 Å². The van der Waals surface area contributed by atoms with Crippen LogP contribution in [0.15, 0.2) is 49.0 Å². The molecule has 1 aromatic carbocycles. The number of rotatable bonds is 6. The molecule has 1 N–H and O–H groups in total. The number of benzene rings is 1. The average Bonchev–Trinajstić information content (AvgIpc) is 2.98. The molecule has 1 heterocycles. The first kappa shape index (κ1) is 16.6. The molecule has 1 aromatic heterocycles. The van der Waals surface area contributed by atoms with Gasteiger partial charge in [-0.3, -0.25) is 4.79 Å². The summed E-state index contributed by atoms with van der Waals surface area (Å²) in [5, 5.41) is 3.76. The van der Waals surface area contributed by atoms with Crippen LogP contribution in [0.3, 0.4) is 0 Å². The molecule has 2 aromatic rings. The van der Waals surface area contributed by atoms with E-state index in [0.29, 0.717) is 21.7 Å². The third-order valence-electron chi connectivity index (χ3n) is 2.47. The highest BCUT2D eigenvalue weighted by atomic mass is 79.9. The Balaban J connectivity index is 1.91. The molecule has 0 spiro atoms. The quantitative estimate of drug-likeness (QED) is 0.562. The highest BCUT2D eigenvalue weighted by Gasteiger charge is 2.12. The van der Waals surface area contributed by atoms with Gasteiger partial charge in [0.2, 0.25) is 0 Å². The van der Waals surface area contributed by atoms with Gasteiger partial charge in [-0.2, -0.15) is 5.10 Å². The minimum Gasteiger partial charge on any atom is -0.493 e. The van der Waals surface area contributed by atoms with Crippen LogP contribution in [0.1, 0.15) is 5.76 Å². The summed E-state index contributed by atoms with van der Waals surface area (Å²) < 4.78 is 17.2. The van der Waals surface area contributed by atoms with Gasteiger partial charge in [0.15, 0.2) is 18.1 Å². The first-order valence-electron chi connectivity index (χ1n) is 6.11. The Morgan fingerprint density at radius 3 is 2.95 bits per heavy atom. The average molecular weight is 432 g/mol. The molecule has 0 aliphatic heterocycles. The number of carbonyl (C=O) groups is 1. The van der Waals surface area contributed by atoms with E-state index >= 15 is 0 Å². The Kier molecular flexibility index (Phi) is 6.02. The summed E-state index contributed by atoms with van der Waals surface area (Å²) in [6, 6.07) is 6.98. The van der Waals surface area contributed by atoms with Crippen molar-refractivity contribution in [3.63, 3.8) is 0 Å². The van der Waals surface area contributed by atoms with Crippen molar-refractivity contribution in [2.24, 2.45) is 5.10 Å². The second-order valence-electron chi connectivity index (χ2n) is 4.02. The predicted molar refractivity (Wildman–Crippen MR) is 88.3 cm³/mol. The van der Waals surface area contributed by atoms with Crippen LogP contribution in [0.4, 0.5) is 0 Å². The maximum atomic E-state index is 11.7. The maximum absolute atomic E-state index is 11.7. The van der Waals surface area contributed by atoms with Crippen LogP contribution in [0.2, 0.25) is 0 Å². The fourth-order valence-electron chi connectivity index (χ4n) is 1.53. The second-order valence-corrected chi connectivity index (χ2v) is 5.79. The number of ether oxygens (including phenoxy) is 2. The number of hydrogen-bond donors (Lipinski definition) is 1. The number of furan rings is 1. The molecule has 0 unspecified atom stereocenters. The summed E-state index contributed by atoms with van der Waals surface area (Å²) in [5.74, 6) is 1.09. The molecule has 116 valence electrons. The molecule has 2 rings (SSSR count). The van der Waals surface area contributed by atoms with Gasteiger partial charge in [-0.25, -0.2) is 5.43 Å². The molecule has 0 saturated heterocycles. The number of methoxy groups -OCH3 is 1. The highest BCUT2D eigenvalue weighted by molar-refractivity contribution is 9.11. The molecule has 22 heavy (non-hydrogen) atoms. The van der Waals surface area contributed by atoms with E-state index in [9.17, 15) is 4.79 Å². The van der Waals surface area contributed by atoms with Gasteiger partial charge in [-0.15, -0.1) is 0 Å². The Hall–Kier alpha value is -1.80. The van der Waals surface area contributed by atoms with Gasteiger partial charge in [0.1, 0.15) is 5.76 Å². The van der Waals surface area contributed by atoms with E-state index in [1.54, 1.807) is 24.3 Å². The molecular weight excluding hydrogens is 420 g/mol. The SMILES string of the molecule is COc1cc(Br)cc(Br)c1OCC(=O)N/N=C\c1ccco1. The van der Waals surface area contributed by atoms with Crippen molar-refractivity contribution < 1.29 is 18.7 Å². The molecule has 0 bridgehead atoms. The third kappa shape index (κ3) is 4.60. The van der Waals surface area contributed by atoms with Crippen LogP contribution in [-0.4, -0.2) is 25.8 Å². The number of nitrogens with zero attached hydrogens (tertiary/aromatic N) is 1. The van der Waals surface area contributed by atoms with Crippen molar-refractivity contribution in [3.05, 3.63) is 45.2 Å². The molecule has 8 heteroatoms. The van der Waals surface area contributed by atoms with Crippen LogP contribution >= 0.6 is 31.9 Å². The molecular formula is C14H12Br2N2O4. The molecule has 0 aliphatic rings. The molecule has 0 aliphatic carbocycles. The number of amides is 1. The summed E-state index contributed by atoms with van der Waals surface area (Å²) in [6.07, 6.45) is 2.91. The van der Waals surface area contributed by atoms with Gasteiger partial charge in [0.25, 0.3) is 5.91 Å². The largest absolute Gasteiger partial charge is 0.493 e. The molecule has 6 nitrogen and oxygen atoms in total. The summed E-state index contributed by atoms with van der Waals surface area (Å²) >= 11 is 6.71. The topological polar surface area (TPSA) is 73.1 Å². The van der Waals surface area contributed by atoms with E-state index < -0.39 is 5.91 Å². The van der Waals surface area contributed by atoms with E-state index in [0.717, 1.165) is 4.47 Å². The smallest absolute Gasteiger partial charge is 0.277 e. The van der Waals surface area contributed by atoms with Gasteiger partial charge in [-0.05, 0) is 40.2 Å². The minimum absolute atomic E-state index is 0.202. The maximum Gasteiger partial charge on any atom is 0.277 e. The van der Waals surface area contributed by atoms with Crippen molar-refractivity contribution >= 4 is 44.0 Å². The van der Waals surface area contributed by atoms with Crippen LogP contribution < -0.4 is 14.9 Å². The van der Waals surface area contributed by atoms with Crippen LogP contribution in [-0.2, 0) is 4.79 Å². The van der Waals surface area contributed by atoms with Crippen molar-refractivity contribution in [2.45, 2.75) is 0 Å². The Morgan fingerprint density at radius 1 is 1.45 bits per heavy atom. The fourth-order valence-corrected chi connectivity index (χ4v) is 2.83. The fraction of sp³-hybridized carbons (Fsp3) is 0.143. The summed E-state index contributed by atoms with van der Waals surface area (Å²) in [6.45, 7) is -0.202. The lowest BCUT2D eigenvalue weighted by atomic mass is 10.3. The first-order chi connectivity index (χ1) is 10.6. The van der Waals surface area contributed by atoms with Crippen molar-refractivity contribution in [2.75, 3.05) is 13.7 Å². The van der Waals surface area contributed by atoms with Crippen LogP contribution in [0.5, 0.6) is 11.5 Å². The first-order valence-corrected chi connectivity index (χ1v) is 7.70. The lowest BCUT2D eigenvalue weighted by molar-refractivity contribution is -0.123. The summed E-state index contributed by atoms with van der Waals surface area (Å²) in [4.78, 5) is 11.7. The molecule has 0 fully saturated rings. The van der Waals surface area contributed by atoms with Gasteiger partial charge in [-0.1, -0.05) is 15.9 Å². The Bertz CT molecular complexity index is 672.